The van der Waals surface area contributed by atoms with Crippen molar-refractivity contribution in [1.82, 2.24) is 0 Å². The number of carbonyl (C=O) groups is 2. The number of hydrogen-bond acceptors (Lipinski definition) is 6. The van der Waals surface area contributed by atoms with Crippen LogP contribution in [-0.4, -0.2) is 16.9 Å². The minimum atomic E-state index is -0.821. The molecule has 0 saturated carbocycles. The van der Waals surface area contributed by atoms with Crippen LogP contribution in [0.2, 0.25) is 0 Å². The van der Waals surface area contributed by atoms with Crippen molar-refractivity contribution in [2.75, 3.05) is 0 Å². The third kappa shape index (κ3) is 5.14. The van der Waals surface area contributed by atoms with Gasteiger partial charge in [-0.1, -0.05) is 48.6 Å². The number of carbonyl (C=O) groups excluding carboxylic acids is 2. The largest absolute Gasteiger partial charge is 0.386 e. The maximum absolute atomic E-state index is 12.3. The van der Waals surface area contributed by atoms with Gasteiger partial charge in [0.2, 0.25) is 0 Å². The minimum Gasteiger partial charge on any atom is -0.258 e. The van der Waals surface area contributed by atoms with Gasteiger partial charge in [0, 0.05) is 12.1 Å². The average molecular weight is 389 g/mol. The van der Waals surface area contributed by atoms with Crippen LogP contribution in [0.25, 0.3) is 12.2 Å². The molecule has 0 aliphatic carbocycles. The highest BCUT2D eigenvalue weighted by atomic mass is 17.2. The van der Waals surface area contributed by atoms with Crippen LogP contribution < -0.4 is 0 Å². The summed E-state index contributed by atoms with van der Waals surface area (Å²) in [6.45, 7) is 0. The van der Waals surface area contributed by atoms with Crippen LogP contribution in [0.1, 0.15) is 31.8 Å². The van der Waals surface area contributed by atoms with Gasteiger partial charge in [-0.15, -0.1) is 0 Å². The molecule has 0 N–H and O–H groups in total. The molecular formula is C22H15NO6. The molecule has 7 nitrogen and oxygen atoms in total. The topological polar surface area (TPSA) is 95.7 Å². The Hall–Kier alpha value is -4.26. The second kappa shape index (κ2) is 9.09. The summed E-state index contributed by atoms with van der Waals surface area (Å²) in [7, 11) is 0. The van der Waals surface area contributed by atoms with E-state index in [0.29, 0.717) is 11.1 Å². The predicted molar refractivity (Wildman–Crippen MR) is 106 cm³/mol. The first kappa shape index (κ1) is 19.5. The molecule has 3 rings (SSSR count). The van der Waals surface area contributed by atoms with Gasteiger partial charge in [0.1, 0.15) is 0 Å². The lowest BCUT2D eigenvalue weighted by molar-refractivity contribution is -0.384. The fraction of sp³-hybridized carbons (Fsp3) is 0. The fourth-order valence-electron chi connectivity index (χ4n) is 2.46. The Morgan fingerprint density at radius 3 is 2.07 bits per heavy atom. The highest BCUT2D eigenvalue weighted by molar-refractivity contribution is 5.95. The van der Waals surface area contributed by atoms with E-state index < -0.39 is 16.9 Å². The van der Waals surface area contributed by atoms with Gasteiger partial charge in [-0.3, -0.25) is 10.1 Å². The Labute approximate surface area is 165 Å². The van der Waals surface area contributed by atoms with Crippen molar-refractivity contribution >= 4 is 29.8 Å². The first-order valence-corrected chi connectivity index (χ1v) is 8.54. The summed E-state index contributed by atoms with van der Waals surface area (Å²) < 4.78 is 0. The van der Waals surface area contributed by atoms with Gasteiger partial charge in [-0.25, -0.2) is 19.4 Å². The SMILES string of the molecule is O=C(OOC(=O)c1ccccc1/C=C/c1ccc([N+](=O)[O-])cc1)c1ccccc1. The maximum atomic E-state index is 12.3. The number of nitrogens with zero attached hydrogens (tertiary/aromatic N) is 1. The van der Waals surface area contributed by atoms with Crippen LogP contribution >= 0.6 is 0 Å². The highest BCUT2D eigenvalue weighted by Crippen LogP contribution is 2.17. The van der Waals surface area contributed by atoms with E-state index >= 15 is 0 Å². The van der Waals surface area contributed by atoms with Crippen LogP contribution in [0.3, 0.4) is 0 Å². The second-order valence-electron chi connectivity index (χ2n) is 5.88. The molecule has 0 aromatic heterocycles. The molecule has 0 atom stereocenters. The van der Waals surface area contributed by atoms with Crippen molar-refractivity contribution in [3.05, 3.63) is 111 Å². The van der Waals surface area contributed by atoms with Gasteiger partial charge in [-0.2, -0.15) is 0 Å². The lowest BCUT2D eigenvalue weighted by Gasteiger charge is -2.06. The molecule has 0 amide bonds. The summed E-state index contributed by atoms with van der Waals surface area (Å²) in [5.41, 5.74) is 1.70. The van der Waals surface area contributed by atoms with Crippen molar-refractivity contribution in [3.8, 4) is 0 Å². The van der Waals surface area contributed by atoms with Gasteiger partial charge in [-0.05, 0) is 41.5 Å². The highest BCUT2D eigenvalue weighted by Gasteiger charge is 2.16. The number of rotatable bonds is 5. The number of benzene rings is 3. The van der Waals surface area contributed by atoms with Crippen molar-refractivity contribution in [1.29, 1.82) is 0 Å². The number of hydrogen-bond donors (Lipinski definition) is 0. The Balaban J connectivity index is 1.70. The number of nitro benzene ring substituents is 1. The fourth-order valence-corrected chi connectivity index (χ4v) is 2.46. The normalized spacial score (nSPS) is 10.5. The van der Waals surface area contributed by atoms with E-state index in [1.807, 2.05) is 0 Å². The first-order chi connectivity index (χ1) is 14.0. The maximum Gasteiger partial charge on any atom is 0.386 e. The summed E-state index contributed by atoms with van der Waals surface area (Å²) in [4.78, 5) is 43.8. The summed E-state index contributed by atoms with van der Waals surface area (Å²) in [5.74, 6) is -1.60. The molecule has 0 aliphatic rings. The van der Waals surface area contributed by atoms with Crippen LogP contribution in [0, 0.1) is 10.1 Å². The lowest BCUT2D eigenvalue weighted by Crippen LogP contribution is -2.12. The molecule has 3 aromatic carbocycles. The van der Waals surface area contributed by atoms with Crippen molar-refractivity contribution in [2.45, 2.75) is 0 Å². The zero-order valence-corrected chi connectivity index (χ0v) is 15.1. The van der Waals surface area contributed by atoms with E-state index in [4.69, 9.17) is 0 Å². The van der Waals surface area contributed by atoms with Crippen molar-refractivity contribution in [2.24, 2.45) is 0 Å². The Morgan fingerprint density at radius 2 is 1.38 bits per heavy atom. The molecule has 0 fully saturated rings. The molecule has 0 spiro atoms. The predicted octanol–water partition coefficient (Wildman–Crippen LogP) is 4.69. The van der Waals surface area contributed by atoms with E-state index in [9.17, 15) is 19.7 Å². The van der Waals surface area contributed by atoms with Crippen molar-refractivity contribution < 1.29 is 24.3 Å². The van der Waals surface area contributed by atoms with Crippen LogP contribution in [0.15, 0.2) is 78.9 Å². The molecule has 0 saturated heterocycles. The molecule has 144 valence electrons. The standard InChI is InChI=1S/C22H15NO6/c24-21(18-7-2-1-3-8-18)28-29-22(25)20-9-5-4-6-17(20)13-10-16-11-14-19(15-12-16)23(26)27/h1-15H/b13-10+. The molecule has 0 heterocycles. The monoisotopic (exact) mass is 389 g/mol. The van der Waals surface area contributed by atoms with E-state index in [2.05, 4.69) is 9.78 Å². The number of non-ortho nitro benzene ring substituents is 1. The lowest BCUT2D eigenvalue weighted by atomic mass is 10.1. The quantitative estimate of drug-likeness (QED) is 0.272. The number of nitro groups is 1. The third-order valence-electron chi connectivity index (χ3n) is 3.94. The molecule has 29 heavy (non-hydrogen) atoms. The molecule has 0 aliphatic heterocycles. The zero-order chi connectivity index (χ0) is 20.6. The minimum absolute atomic E-state index is 0.00800. The summed E-state index contributed by atoms with van der Waals surface area (Å²) >= 11 is 0. The van der Waals surface area contributed by atoms with E-state index in [0.717, 1.165) is 0 Å². The molecule has 7 heteroatoms. The van der Waals surface area contributed by atoms with Crippen LogP contribution in [0.5, 0.6) is 0 Å². The van der Waals surface area contributed by atoms with Crippen LogP contribution in [-0.2, 0) is 9.78 Å². The molecule has 3 aromatic rings. The Kier molecular flexibility index (Phi) is 6.12. The van der Waals surface area contributed by atoms with E-state index in [1.165, 1.54) is 30.3 Å². The molecule has 0 radical (unpaired) electrons. The van der Waals surface area contributed by atoms with E-state index in [-0.39, 0.29) is 16.8 Å². The smallest absolute Gasteiger partial charge is 0.258 e. The van der Waals surface area contributed by atoms with Gasteiger partial charge >= 0.3 is 11.9 Å². The summed E-state index contributed by atoms with van der Waals surface area (Å²) in [6.07, 6.45) is 3.36. The molecular weight excluding hydrogens is 374 g/mol. The molecule has 0 bridgehead atoms. The Morgan fingerprint density at radius 1 is 0.759 bits per heavy atom. The summed E-state index contributed by atoms with van der Waals surface area (Å²) in [6, 6.07) is 20.7. The van der Waals surface area contributed by atoms with Gasteiger partial charge in [0.15, 0.2) is 0 Å². The second-order valence-corrected chi connectivity index (χ2v) is 5.88. The van der Waals surface area contributed by atoms with Crippen LogP contribution in [0.4, 0.5) is 5.69 Å². The summed E-state index contributed by atoms with van der Waals surface area (Å²) in [5, 5.41) is 10.7. The van der Waals surface area contributed by atoms with Crippen molar-refractivity contribution in [3.63, 3.8) is 0 Å². The zero-order valence-electron chi connectivity index (χ0n) is 15.1. The molecule has 0 unspecified atom stereocenters. The average Bonchev–Trinajstić information content (AvgIpc) is 2.77. The third-order valence-corrected chi connectivity index (χ3v) is 3.94. The van der Waals surface area contributed by atoms with E-state index in [1.54, 1.807) is 60.7 Å². The Bertz CT molecular complexity index is 1060. The first-order valence-electron chi connectivity index (χ1n) is 8.54. The van der Waals surface area contributed by atoms with Gasteiger partial charge in [0.05, 0.1) is 16.1 Å². The van der Waals surface area contributed by atoms with Gasteiger partial charge in [0.25, 0.3) is 5.69 Å². The van der Waals surface area contributed by atoms with Gasteiger partial charge < -0.3 is 0 Å².